The Morgan fingerprint density at radius 2 is 2.00 bits per heavy atom. The maximum atomic E-state index is 6.02. The highest BCUT2D eigenvalue weighted by atomic mass is 16.3. The summed E-state index contributed by atoms with van der Waals surface area (Å²) < 4.78 is 6.02. The summed E-state index contributed by atoms with van der Waals surface area (Å²) in [5.41, 5.74) is 4.16. The first kappa shape index (κ1) is 13.1. The van der Waals surface area contributed by atoms with Crippen molar-refractivity contribution in [3.05, 3.63) is 66.1 Å². The van der Waals surface area contributed by atoms with Crippen LogP contribution in [0.2, 0.25) is 0 Å². The molecule has 0 radical (unpaired) electrons. The lowest BCUT2D eigenvalue weighted by atomic mass is 9.85. The molecule has 3 heteroatoms. The van der Waals surface area contributed by atoms with Crippen molar-refractivity contribution in [3.63, 3.8) is 0 Å². The molecule has 0 bridgehead atoms. The van der Waals surface area contributed by atoms with E-state index in [-0.39, 0.29) is 5.54 Å². The number of fused-ring (bicyclic) bond motifs is 3. The summed E-state index contributed by atoms with van der Waals surface area (Å²) in [6.45, 7) is 4.39. The van der Waals surface area contributed by atoms with Crippen LogP contribution >= 0.6 is 0 Å². The molecule has 0 N–H and O–H groups in total. The number of rotatable bonds is 1. The number of aryl methyl sites for hydroxylation is 1. The topological polar surface area (TPSA) is 29.3 Å². The Bertz CT molecular complexity index is 935. The first-order valence-corrected chi connectivity index (χ1v) is 7.46. The summed E-state index contributed by atoms with van der Waals surface area (Å²) in [7, 11) is 2.10. The molecule has 3 aromatic rings. The van der Waals surface area contributed by atoms with E-state index in [2.05, 4.69) is 67.3 Å². The molecule has 1 aromatic carbocycles. The summed E-state index contributed by atoms with van der Waals surface area (Å²) in [6, 6.07) is 6.30. The second-order valence-corrected chi connectivity index (χ2v) is 6.10. The van der Waals surface area contributed by atoms with Crippen molar-refractivity contribution < 1.29 is 4.42 Å². The predicted molar refractivity (Wildman–Crippen MR) is 89.6 cm³/mol. The molecule has 2 aromatic heterocycles. The van der Waals surface area contributed by atoms with Crippen molar-refractivity contribution in [1.82, 2.24) is 9.88 Å². The number of benzene rings is 1. The first-order valence-electron chi connectivity index (χ1n) is 7.46. The van der Waals surface area contributed by atoms with Gasteiger partial charge >= 0.3 is 0 Å². The average molecular weight is 290 g/mol. The van der Waals surface area contributed by atoms with Crippen LogP contribution in [0, 0.1) is 6.92 Å². The van der Waals surface area contributed by atoms with Crippen LogP contribution in [0.5, 0.6) is 0 Å². The van der Waals surface area contributed by atoms with Crippen molar-refractivity contribution in [2.45, 2.75) is 19.4 Å². The van der Waals surface area contributed by atoms with E-state index in [0.717, 1.165) is 21.9 Å². The Morgan fingerprint density at radius 1 is 1.14 bits per heavy atom. The number of aromatic nitrogens is 1. The average Bonchev–Trinajstić information content (AvgIpc) is 2.87. The highest BCUT2D eigenvalue weighted by Crippen LogP contribution is 2.38. The summed E-state index contributed by atoms with van der Waals surface area (Å²) in [4.78, 5) is 6.44. The van der Waals surface area contributed by atoms with Crippen LogP contribution < -0.4 is 0 Å². The van der Waals surface area contributed by atoms with Gasteiger partial charge in [0.1, 0.15) is 11.2 Å². The van der Waals surface area contributed by atoms with Gasteiger partial charge in [0.25, 0.3) is 0 Å². The Balaban J connectivity index is 2.00. The molecular formula is C19H18N2O. The molecule has 1 unspecified atom stereocenters. The van der Waals surface area contributed by atoms with Crippen molar-refractivity contribution >= 4 is 21.9 Å². The van der Waals surface area contributed by atoms with Gasteiger partial charge in [0.05, 0.1) is 5.54 Å². The van der Waals surface area contributed by atoms with E-state index in [9.17, 15) is 0 Å². The Hall–Kier alpha value is -2.55. The fraction of sp³-hybridized carbons (Fsp3) is 0.211. The van der Waals surface area contributed by atoms with Crippen LogP contribution in [0.3, 0.4) is 0 Å². The second kappa shape index (κ2) is 4.47. The number of hydrogen-bond acceptors (Lipinski definition) is 3. The third-order valence-electron chi connectivity index (χ3n) is 4.74. The van der Waals surface area contributed by atoms with Gasteiger partial charge in [-0.05, 0) is 55.4 Å². The van der Waals surface area contributed by atoms with Crippen molar-refractivity contribution in [1.29, 1.82) is 0 Å². The zero-order valence-electron chi connectivity index (χ0n) is 13.0. The molecule has 0 spiro atoms. The van der Waals surface area contributed by atoms with Crippen LogP contribution in [-0.2, 0) is 5.54 Å². The Kier molecular flexibility index (Phi) is 2.67. The maximum absolute atomic E-state index is 6.02. The third-order valence-corrected chi connectivity index (χ3v) is 4.74. The number of nitrogens with zero attached hydrogens (tertiary/aromatic N) is 2. The minimum absolute atomic E-state index is 0.162. The van der Waals surface area contributed by atoms with E-state index in [1.807, 2.05) is 12.3 Å². The third kappa shape index (κ3) is 1.72. The zero-order valence-corrected chi connectivity index (χ0v) is 13.0. The minimum atomic E-state index is -0.162. The van der Waals surface area contributed by atoms with Gasteiger partial charge in [0, 0.05) is 30.2 Å². The van der Waals surface area contributed by atoms with E-state index in [4.69, 9.17) is 4.42 Å². The van der Waals surface area contributed by atoms with Crippen LogP contribution in [0.15, 0.2) is 59.4 Å². The fourth-order valence-electron chi connectivity index (χ4n) is 3.29. The lowest BCUT2D eigenvalue weighted by Crippen LogP contribution is -2.37. The van der Waals surface area contributed by atoms with Crippen LogP contribution in [0.25, 0.3) is 21.9 Å². The smallest absolute Gasteiger partial charge is 0.138 e. The van der Waals surface area contributed by atoms with Gasteiger partial charge in [-0.1, -0.05) is 12.2 Å². The lowest BCUT2D eigenvalue weighted by Gasteiger charge is -2.39. The molecule has 0 saturated heterocycles. The number of likely N-dealkylation sites (N-methyl/N-ethyl adjacent to an activating group) is 1. The van der Waals surface area contributed by atoms with Crippen molar-refractivity contribution in [2.75, 3.05) is 7.05 Å². The van der Waals surface area contributed by atoms with Crippen LogP contribution in [0.4, 0.5) is 0 Å². The molecule has 4 rings (SSSR count). The van der Waals surface area contributed by atoms with Gasteiger partial charge in [-0.2, -0.15) is 0 Å². The first-order chi connectivity index (χ1) is 10.6. The zero-order chi connectivity index (χ0) is 15.3. The Morgan fingerprint density at radius 3 is 2.82 bits per heavy atom. The predicted octanol–water partition coefficient (Wildman–Crippen LogP) is 4.52. The van der Waals surface area contributed by atoms with Crippen LogP contribution in [-0.4, -0.2) is 16.9 Å². The van der Waals surface area contributed by atoms with E-state index in [0.29, 0.717) is 0 Å². The molecule has 110 valence electrons. The summed E-state index contributed by atoms with van der Waals surface area (Å²) in [5.74, 6) is 0. The van der Waals surface area contributed by atoms with E-state index in [1.54, 1.807) is 6.20 Å². The SMILES string of the molecule is Cc1cc2c(cc1C1(C)C=CC=CN1C)oc1ccncc12. The Labute approximate surface area is 129 Å². The van der Waals surface area contributed by atoms with E-state index in [1.165, 1.54) is 11.1 Å². The highest BCUT2D eigenvalue weighted by Gasteiger charge is 2.30. The molecule has 22 heavy (non-hydrogen) atoms. The van der Waals surface area contributed by atoms with Crippen molar-refractivity contribution in [3.8, 4) is 0 Å². The summed E-state index contributed by atoms with van der Waals surface area (Å²) in [5, 5.41) is 2.20. The molecule has 0 saturated carbocycles. The maximum Gasteiger partial charge on any atom is 0.138 e. The van der Waals surface area contributed by atoms with Gasteiger partial charge in [0.2, 0.25) is 0 Å². The van der Waals surface area contributed by atoms with Gasteiger partial charge in [0.15, 0.2) is 0 Å². The quantitative estimate of drug-likeness (QED) is 0.660. The number of furan rings is 1. The van der Waals surface area contributed by atoms with Gasteiger partial charge < -0.3 is 9.32 Å². The summed E-state index contributed by atoms with van der Waals surface area (Å²) >= 11 is 0. The normalized spacial score (nSPS) is 21.1. The molecular weight excluding hydrogens is 272 g/mol. The van der Waals surface area contributed by atoms with Crippen LogP contribution in [0.1, 0.15) is 18.1 Å². The van der Waals surface area contributed by atoms with Crippen molar-refractivity contribution in [2.24, 2.45) is 0 Å². The van der Waals surface area contributed by atoms with E-state index < -0.39 is 0 Å². The minimum Gasteiger partial charge on any atom is -0.456 e. The number of pyridine rings is 1. The lowest BCUT2D eigenvalue weighted by molar-refractivity contribution is 0.261. The summed E-state index contributed by atoms with van der Waals surface area (Å²) in [6.07, 6.45) is 12.1. The highest BCUT2D eigenvalue weighted by molar-refractivity contribution is 6.04. The molecule has 3 nitrogen and oxygen atoms in total. The fourth-order valence-corrected chi connectivity index (χ4v) is 3.29. The second-order valence-electron chi connectivity index (χ2n) is 6.10. The van der Waals surface area contributed by atoms with Gasteiger partial charge in [-0.15, -0.1) is 0 Å². The number of hydrogen-bond donors (Lipinski definition) is 0. The van der Waals surface area contributed by atoms with Gasteiger partial charge in [-0.25, -0.2) is 0 Å². The largest absolute Gasteiger partial charge is 0.456 e. The number of allylic oxidation sites excluding steroid dienone is 2. The molecule has 0 fully saturated rings. The molecule has 1 aliphatic rings. The molecule has 0 aliphatic carbocycles. The monoisotopic (exact) mass is 290 g/mol. The molecule has 1 atom stereocenters. The molecule has 0 amide bonds. The van der Waals surface area contributed by atoms with E-state index >= 15 is 0 Å². The van der Waals surface area contributed by atoms with Gasteiger partial charge in [-0.3, -0.25) is 4.98 Å². The molecule has 3 heterocycles. The molecule has 1 aliphatic heterocycles. The standard InChI is InChI=1S/C19H18N2O/c1-13-10-14-15-12-20-8-6-17(15)22-18(14)11-16(13)19(2)7-4-5-9-21(19)3/h4-12H,1-3H3.